The zero-order chi connectivity index (χ0) is 18.4. The van der Waals surface area contributed by atoms with Crippen molar-refractivity contribution in [3.8, 4) is 16.9 Å². The number of hydrogen-bond acceptors (Lipinski definition) is 1. The number of phenols is 1. The topological polar surface area (TPSA) is 20.2 Å². The van der Waals surface area contributed by atoms with Crippen LogP contribution in [-0.2, 0) is 64.6 Å². The molecule has 0 fully saturated rings. The van der Waals surface area contributed by atoms with Crippen LogP contribution in [0.5, 0.6) is 5.75 Å². The van der Waals surface area contributed by atoms with Crippen LogP contribution in [-0.4, -0.2) is 5.11 Å². The van der Waals surface area contributed by atoms with Gasteiger partial charge in [-0.15, -0.1) is 19.1 Å². The van der Waals surface area contributed by atoms with E-state index in [1.165, 1.54) is 0 Å². The first-order chi connectivity index (χ1) is 10.8. The predicted molar refractivity (Wildman–Crippen MR) is 103 cm³/mol. The fourth-order valence-corrected chi connectivity index (χ4v) is 3.02. The molecule has 0 spiro atoms. The van der Waals surface area contributed by atoms with Crippen molar-refractivity contribution in [3.05, 3.63) is 52.1 Å². The average molecular weight is 595 g/mol. The summed E-state index contributed by atoms with van der Waals surface area (Å²) in [7, 11) is 0. The second-order valence-electron chi connectivity index (χ2n) is 8.92. The maximum Gasteiger partial charge on any atom is 0.121 e. The second kappa shape index (κ2) is 9.02. The van der Waals surface area contributed by atoms with Crippen LogP contribution in [0, 0.1) is 32.9 Å². The molecule has 0 saturated heterocycles. The van der Waals surface area contributed by atoms with Gasteiger partial charge in [-0.3, -0.25) is 17.7 Å². The first-order valence-electron chi connectivity index (χ1n) is 8.63. The summed E-state index contributed by atoms with van der Waals surface area (Å²) in [6.45, 7) is 19.1. The van der Waals surface area contributed by atoms with Gasteiger partial charge in [0.1, 0.15) is 5.75 Å². The van der Waals surface area contributed by atoms with Crippen molar-refractivity contribution in [2.45, 2.75) is 73.1 Å². The van der Waals surface area contributed by atoms with Crippen LogP contribution in [0.2, 0.25) is 0 Å². The molecule has 0 aliphatic carbocycles. The van der Waals surface area contributed by atoms with Gasteiger partial charge in [-0.2, -0.15) is 5.56 Å². The van der Waals surface area contributed by atoms with E-state index in [0.717, 1.165) is 38.9 Å². The Kier molecular flexibility index (Phi) is 9.03. The molecular formula is C23H30OWY-2. The van der Waals surface area contributed by atoms with E-state index in [1.54, 1.807) is 0 Å². The Morgan fingerprint density at radius 2 is 1.12 bits per heavy atom. The molecule has 1 radical (unpaired) electrons. The van der Waals surface area contributed by atoms with E-state index in [1.807, 2.05) is 0 Å². The van der Waals surface area contributed by atoms with Gasteiger partial charge in [0, 0.05) is 53.8 Å². The smallest absolute Gasteiger partial charge is 0.121 e. The number of benzene rings is 2. The molecule has 0 amide bonds. The van der Waals surface area contributed by atoms with Crippen LogP contribution in [0.1, 0.15) is 69.4 Å². The number of hydrogen-bond donors (Lipinski definition) is 1. The van der Waals surface area contributed by atoms with Crippen LogP contribution in [0.3, 0.4) is 0 Å². The fourth-order valence-electron chi connectivity index (χ4n) is 3.02. The van der Waals surface area contributed by atoms with E-state index < -0.39 is 0 Å². The van der Waals surface area contributed by atoms with Crippen molar-refractivity contribution in [2.75, 3.05) is 0 Å². The van der Waals surface area contributed by atoms with Gasteiger partial charge in [0.25, 0.3) is 0 Å². The molecular weight excluding hydrogens is 565 g/mol. The summed E-state index contributed by atoms with van der Waals surface area (Å²) in [6, 6.07) is 11.2. The molecule has 1 nitrogen and oxygen atoms in total. The monoisotopic (exact) mass is 595 g/mol. The third-order valence-electron chi connectivity index (χ3n) is 4.64. The van der Waals surface area contributed by atoms with Crippen LogP contribution in [0.4, 0.5) is 0 Å². The Bertz CT molecular complexity index is 745. The largest absolute Gasteiger partial charge is 0.507 e. The van der Waals surface area contributed by atoms with Gasteiger partial charge in [-0.1, -0.05) is 55.4 Å². The normalized spacial score (nSPS) is 11.6. The molecule has 139 valence electrons. The molecule has 3 heteroatoms. The van der Waals surface area contributed by atoms with Gasteiger partial charge in [0.2, 0.25) is 0 Å². The van der Waals surface area contributed by atoms with E-state index in [4.69, 9.17) is 0 Å². The molecule has 0 atom stereocenters. The molecule has 0 aliphatic heterocycles. The molecule has 0 unspecified atom stereocenters. The maximum absolute atomic E-state index is 10.9. The Morgan fingerprint density at radius 3 is 1.50 bits per heavy atom. The van der Waals surface area contributed by atoms with Gasteiger partial charge in [-0.05, 0) is 22.0 Å². The van der Waals surface area contributed by atoms with E-state index >= 15 is 0 Å². The minimum atomic E-state index is -0.128. The standard InChI is InChI=1S/C23H30O.W.Y/c1-14-10-16(3)18(11-15(14)2)17-12-19(22(4,5)6)21(24)20(13-17)23(7,8)9;;/h12-13,24H,1-9H3;;/q-2;;. The van der Waals surface area contributed by atoms with Crippen LogP contribution >= 0.6 is 0 Å². The number of aromatic hydroxyl groups is 1. The molecule has 0 aromatic heterocycles. The van der Waals surface area contributed by atoms with E-state index in [0.29, 0.717) is 5.75 Å². The number of phenolic OH excluding ortho intramolecular Hbond substituents is 1. The molecule has 0 saturated carbocycles. The third-order valence-corrected chi connectivity index (χ3v) is 4.64. The van der Waals surface area contributed by atoms with Gasteiger partial charge in [0.05, 0.1) is 0 Å². The molecule has 0 aliphatic rings. The van der Waals surface area contributed by atoms with Gasteiger partial charge >= 0.3 is 0 Å². The SMILES string of the molecule is Cc1[c-]c(C)c(-c2cc(C(C)(C)C)c(O)c(C(C)(C)C)c2)[c-]c1C.[W].[Y]. The summed E-state index contributed by atoms with van der Waals surface area (Å²) in [5, 5.41) is 10.9. The molecule has 0 heterocycles. The van der Waals surface area contributed by atoms with Gasteiger partial charge in [-0.25, -0.2) is 16.7 Å². The fraction of sp³-hybridized carbons (Fsp3) is 0.478. The molecule has 2 aromatic carbocycles. The van der Waals surface area contributed by atoms with Crippen LogP contribution in [0.15, 0.2) is 12.1 Å². The van der Waals surface area contributed by atoms with Crippen molar-refractivity contribution in [1.82, 2.24) is 0 Å². The molecule has 1 N–H and O–H groups in total. The zero-order valence-corrected chi connectivity index (χ0v) is 23.4. The number of aryl methyl sites for hydroxylation is 3. The maximum atomic E-state index is 10.9. The predicted octanol–water partition coefficient (Wildman–Crippen LogP) is 6.17. The first-order valence-corrected chi connectivity index (χ1v) is 8.63. The summed E-state index contributed by atoms with van der Waals surface area (Å²) in [5.41, 5.74) is 7.26. The molecule has 0 bridgehead atoms. The second-order valence-corrected chi connectivity index (χ2v) is 8.92. The quantitative estimate of drug-likeness (QED) is 0.391. The summed E-state index contributed by atoms with van der Waals surface area (Å²) in [5.74, 6) is 0.421. The zero-order valence-electron chi connectivity index (χ0n) is 17.6. The van der Waals surface area contributed by atoms with E-state index in [2.05, 4.69) is 86.6 Å². The van der Waals surface area contributed by atoms with Crippen molar-refractivity contribution in [2.24, 2.45) is 0 Å². The summed E-state index contributed by atoms with van der Waals surface area (Å²) in [6.07, 6.45) is 0. The Hall–Kier alpha value is 0.0322. The summed E-state index contributed by atoms with van der Waals surface area (Å²) >= 11 is 0. The molecule has 26 heavy (non-hydrogen) atoms. The first kappa shape index (κ1) is 26.0. The van der Waals surface area contributed by atoms with Crippen molar-refractivity contribution in [1.29, 1.82) is 0 Å². The summed E-state index contributed by atoms with van der Waals surface area (Å²) in [4.78, 5) is 0. The van der Waals surface area contributed by atoms with Gasteiger partial charge in [0.15, 0.2) is 0 Å². The van der Waals surface area contributed by atoms with E-state index in [-0.39, 0.29) is 64.6 Å². The van der Waals surface area contributed by atoms with Gasteiger partial charge < -0.3 is 5.11 Å². The molecule has 2 aromatic rings. The van der Waals surface area contributed by atoms with Crippen molar-refractivity contribution >= 4 is 0 Å². The summed E-state index contributed by atoms with van der Waals surface area (Å²) < 4.78 is 0. The van der Waals surface area contributed by atoms with Crippen molar-refractivity contribution in [3.63, 3.8) is 0 Å². The minimum Gasteiger partial charge on any atom is -0.507 e. The van der Waals surface area contributed by atoms with Crippen molar-refractivity contribution < 1.29 is 58.9 Å². The van der Waals surface area contributed by atoms with Crippen LogP contribution < -0.4 is 0 Å². The Labute approximate surface area is 199 Å². The van der Waals surface area contributed by atoms with E-state index in [9.17, 15) is 5.11 Å². The third kappa shape index (κ3) is 5.53. The number of rotatable bonds is 1. The van der Waals surface area contributed by atoms with Crippen LogP contribution in [0.25, 0.3) is 11.1 Å². The molecule has 2 rings (SSSR count). The minimum absolute atomic E-state index is 0. The Morgan fingerprint density at radius 1 is 0.731 bits per heavy atom. The average Bonchev–Trinajstić information content (AvgIpc) is 2.40. The Balaban J connectivity index is 0.00000312.